The first-order chi connectivity index (χ1) is 12.4. The molecular weight excluding hydrogens is 391 g/mol. The molecule has 7 heteroatoms. The number of aromatic nitrogens is 1. The van der Waals surface area contributed by atoms with Crippen LogP contribution in [-0.4, -0.2) is 17.0 Å². The standard InChI is InChI=1S/C19H16Cl2N2O2S/c1-11-9-13(20)7-8-17(11)25-12(2)18(24)23-19-22-16(10-26-19)14-5-3-4-6-15(14)21/h3-10,12H,1-2H3,(H,22,23,24). The third kappa shape index (κ3) is 4.36. The predicted molar refractivity (Wildman–Crippen MR) is 107 cm³/mol. The van der Waals surface area contributed by atoms with E-state index in [1.54, 1.807) is 31.2 Å². The van der Waals surface area contributed by atoms with E-state index in [0.29, 0.717) is 20.9 Å². The molecule has 0 fully saturated rings. The van der Waals surface area contributed by atoms with Crippen LogP contribution in [0.1, 0.15) is 12.5 Å². The van der Waals surface area contributed by atoms with E-state index >= 15 is 0 Å². The maximum absolute atomic E-state index is 12.4. The van der Waals surface area contributed by atoms with Crippen molar-refractivity contribution in [2.45, 2.75) is 20.0 Å². The van der Waals surface area contributed by atoms with E-state index in [9.17, 15) is 4.79 Å². The molecule has 3 rings (SSSR count). The molecule has 0 saturated carbocycles. The maximum Gasteiger partial charge on any atom is 0.266 e. The number of amides is 1. The molecule has 1 N–H and O–H groups in total. The second-order valence-corrected chi connectivity index (χ2v) is 7.38. The van der Waals surface area contributed by atoms with Crippen LogP contribution < -0.4 is 10.1 Å². The van der Waals surface area contributed by atoms with Gasteiger partial charge >= 0.3 is 0 Å². The van der Waals surface area contributed by atoms with Gasteiger partial charge in [-0.3, -0.25) is 10.1 Å². The average Bonchev–Trinajstić information content (AvgIpc) is 3.06. The second-order valence-electron chi connectivity index (χ2n) is 5.68. The Morgan fingerprint density at radius 2 is 2.00 bits per heavy atom. The summed E-state index contributed by atoms with van der Waals surface area (Å²) >= 11 is 13.5. The zero-order chi connectivity index (χ0) is 18.7. The number of nitrogens with zero attached hydrogens (tertiary/aromatic N) is 1. The van der Waals surface area contributed by atoms with Crippen molar-refractivity contribution in [2.24, 2.45) is 0 Å². The lowest BCUT2D eigenvalue weighted by Crippen LogP contribution is -2.30. The van der Waals surface area contributed by atoms with Crippen molar-refractivity contribution in [3.05, 3.63) is 63.5 Å². The lowest BCUT2D eigenvalue weighted by Gasteiger charge is -2.15. The first-order valence-electron chi connectivity index (χ1n) is 7.88. The van der Waals surface area contributed by atoms with Crippen LogP contribution in [0.15, 0.2) is 47.8 Å². The number of anilines is 1. The molecule has 0 aliphatic carbocycles. The number of hydrogen-bond acceptors (Lipinski definition) is 4. The van der Waals surface area contributed by atoms with E-state index in [1.165, 1.54) is 11.3 Å². The van der Waals surface area contributed by atoms with Gasteiger partial charge in [-0.05, 0) is 43.7 Å². The average molecular weight is 407 g/mol. The third-order valence-electron chi connectivity index (χ3n) is 3.69. The normalized spacial score (nSPS) is 11.8. The third-order valence-corrected chi connectivity index (χ3v) is 5.02. The van der Waals surface area contributed by atoms with Crippen LogP contribution in [0.3, 0.4) is 0 Å². The van der Waals surface area contributed by atoms with E-state index in [0.717, 1.165) is 16.8 Å². The molecule has 0 radical (unpaired) electrons. The Balaban J connectivity index is 1.67. The van der Waals surface area contributed by atoms with Gasteiger partial charge < -0.3 is 4.74 Å². The number of rotatable bonds is 5. The first-order valence-corrected chi connectivity index (χ1v) is 9.51. The predicted octanol–water partition coefficient (Wildman–Crippen LogP) is 5.83. The highest BCUT2D eigenvalue weighted by molar-refractivity contribution is 7.14. The topological polar surface area (TPSA) is 51.2 Å². The number of thiazole rings is 1. The highest BCUT2D eigenvalue weighted by Crippen LogP contribution is 2.30. The summed E-state index contributed by atoms with van der Waals surface area (Å²) in [6, 6.07) is 12.7. The van der Waals surface area contributed by atoms with Crippen molar-refractivity contribution in [2.75, 3.05) is 5.32 Å². The van der Waals surface area contributed by atoms with Gasteiger partial charge in [-0.15, -0.1) is 11.3 Å². The molecule has 1 atom stereocenters. The minimum absolute atomic E-state index is 0.278. The van der Waals surface area contributed by atoms with Crippen molar-refractivity contribution in [3.63, 3.8) is 0 Å². The fourth-order valence-electron chi connectivity index (χ4n) is 2.32. The van der Waals surface area contributed by atoms with Crippen molar-refractivity contribution < 1.29 is 9.53 Å². The van der Waals surface area contributed by atoms with Crippen LogP contribution >= 0.6 is 34.5 Å². The summed E-state index contributed by atoms with van der Waals surface area (Å²) in [7, 11) is 0. The molecule has 1 unspecified atom stereocenters. The molecule has 134 valence electrons. The van der Waals surface area contributed by atoms with Crippen LogP contribution in [0.2, 0.25) is 10.0 Å². The molecule has 1 heterocycles. The molecule has 2 aromatic carbocycles. The number of halogens is 2. The van der Waals surface area contributed by atoms with Gasteiger partial charge in [0.25, 0.3) is 5.91 Å². The van der Waals surface area contributed by atoms with Crippen molar-refractivity contribution in [1.29, 1.82) is 0 Å². The monoisotopic (exact) mass is 406 g/mol. The van der Waals surface area contributed by atoms with Crippen LogP contribution in [0, 0.1) is 6.92 Å². The molecular formula is C19H16Cl2N2O2S. The van der Waals surface area contributed by atoms with E-state index in [-0.39, 0.29) is 5.91 Å². The molecule has 0 aliphatic heterocycles. The van der Waals surface area contributed by atoms with Gasteiger partial charge in [0.15, 0.2) is 11.2 Å². The number of ether oxygens (including phenoxy) is 1. The Bertz CT molecular complexity index is 943. The molecule has 1 aromatic heterocycles. The van der Waals surface area contributed by atoms with Crippen molar-refractivity contribution in [1.82, 2.24) is 4.98 Å². The van der Waals surface area contributed by atoms with Gasteiger partial charge in [-0.25, -0.2) is 4.98 Å². The number of carbonyl (C=O) groups excluding carboxylic acids is 1. The SMILES string of the molecule is Cc1cc(Cl)ccc1OC(C)C(=O)Nc1nc(-c2ccccc2Cl)cs1. The van der Waals surface area contributed by atoms with E-state index in [1.807, 2.05) is 30.5 Å². The molecule has 0 saturated heterocycles. The van der Waals surface area contributed by atoms with Crippen molar-refractivity contribution in [3.8, 4) is 17.0 Å². The molecule has 1 amide bonds. The zero-order valence-electron chi connectivity index (χ0n) is 14.1. The van der Waals surface area contributed by atoms with Gasteiger partial charge in [0.2, 0.25) is 0 Å². The zero-order valence-corrected chi connectivity index (χ0v) is 16.5. The Morgan fingerprint density at radius 1 is 1.23 bits per heavy atom. The summed E-state index contributed by atoms with van der Waals surface area (Å²) in [5.41, 5.74) is 2.41. The number of nitrogens with one attached hydrogen (secondary N) is 1. The van der Waals surface area contributed by atoms with Gasteiger partial charge in [0, 0.05) is 21.0 Å². The molecule has 4 nitrogen and oxygen atoms in total. The summed E-state index contributed by atoms with van der Waals surface area (Å²) in [4.78, 5) is 16.8. The number of carbonyl (C=O) groups is 1. The fourth-order valence-corrected chi connectivity index (χ4v) is 3.49. The van der Waals surface area contributed by atoms with Gasteiger partial charge in [-0.2, -0.15) is 0 Å². The van der Waals surface area contributed by atoms with Crippen LogP contribution in [0.4, 0.5) is 5.13 Å². The summed E-state index contributed by atoms with van der Waals surface area (Å²) in [6.07, 6.45) is -0.678. The molecule has 26 heavy (non-hydrogen) atoms. The quantitative estimate of drug-likeness (QED) is 0.579. The summed E-state index contributed by atoms with van der Waals surface area (Å²) in [5.74, 6) is 0.340. The Kier molecular flexibility index (Phi) is 5.81. The highest BCUT2D eigenvalue weighted by Gasteiger charge is 2.18. The smallest absolute Gasteiger partial charge is 0.266 e. The Morgan fingerprint density at radius 3 is 2.73 bits per heavy atom. The summed E-state index contributed by atoms with van der Waals surface area (Å²) < 4.78 is 5.73. The molecule has 0 bridgehead atoms. The lowest BCUT2D eigenvalue weighted by molar-refractivity contribution is -0.122. The van der Waals surface area contributed by atoms with Gasteiger partial charge in [0.1, 0.15) is 5.75 Å². The molecule has 0 aliphatic rings. The maximum atomic E-state index is 12.4. The minimum atomic E-state index is -0.678. The summed E-state index contributed by atoms with van der Waals surface area (Å²) in [6.45, 7) is 3.56. The van der Waals surface area contributed by atoms with Gasteiger partial charge in [-0.1, -0.05) is 41.4 Å². The fraction of sp³-hybridized carbons (Fsp3) is 0.158. The number of hydrogen-bond donors (Lipinski definition) is 1. The van der Waals surface area contributed by atoms with Crippen LogP contribution in [0.5, 0.6) is 5.75 Å². The van der Waals surface area contributed by atoms with Crippen molar-refractivity contribution >= 4 is 45.6 Å². The molecule has 3 aromatic rings. The number of benzene rings is 2. The Labute approximate surface area is 165 Å². The van der Waals surface area contributed by atoms with Crippen LogP contribution in [-0.2, 0) is 4.79 Å². The van der Waals surface area contributed by atoms with E-state index < -0.39 is 6.10 Å². The minimum Gasteiger partial charge on any atom is -0.481 e. The number of aryl methyl sites for hydroxylation is 1. The van der Waals surface area contributed by atoms with E-state index in [2.05, 4.69) is 10.3 Å². The first kappa shape index (κ1) is 18.7. The van der Waals surface area contributed by atoms with Gasteiger partial charge in [0.05, 0.1) is 5.69 Å². The molecule has 0 spiro atoms. The Hall–Kier alpha value is -2.08. The second kappa shape index (κ2) is 8.08. The summed E-state index contributed by atoms with van der Waals surface area (Å²) in [5, 5.41) is 6.37. The highest BCUT2D eigenvalue weighted by atomic mass is 35.5. The lowest BCUT2D eigenvalue weighted by atomic mass is 10.2. The largest absolute Gasteiger partial charge is 0.481 e. The van der Waals surface area contributed by atoms with Crippen LogP contribution in [0.25, 0.3) is 11.3 Å². The van der Waals surface area contributed by atoms with E-state index in [4.69, 9.17) is 27.9 Å².